The van der Waals surface area contributed by atoms with Gasteiger partial charge >= 0.3 is 0 Å². The highest BCUT2D eigenvalue weighted by atomic mass is 16.1. The number of aldehydes is 1. The van der Waals surface area contributed by atoms with E-state index in [1.165, 1.54) is 0 Å². The summed E-state index contributed by atoms with van der Waals surface area (Å²) in [6.07, 6.45) is 1.17. The van der Waals surface area contributed by atoms with Gasteiger partial charge in [0.2, 0.25) is 0 Å². The number of hydrogen-bond donors (Lipinski definition) is 0. The smallest absolute Gasteiger partial charge is 0.139 e. The van der Waals surface area contributed by atoms with Crippen LogP contribution in [0.15, 0.2) is 0 Å². The SMILES string of the molecule is Cc1nnc(CC=O)n1C. The average Bonchev–Trinajstić information content (AvgIpc) is 2.20. The zero-order chi connectivity index (χ0) is 7.56. The number of hydrogen-bond acceptors (Lipinski definition) is 3. The van der Waals surface area contributed by atoms with Gasteiger partial charge in [-0.2, -0.15) is 0 Å². The standard InChI is InChI=1S/C6H9N3O/c1-5-7-8-6(3-4-10)9(5)2/h4H,3H2,1-2H3. The van der Waals surface area contributed by atoms with Gasteiger partial charge in [-0.15, -0.1) is 10.2 Å². The summed E-state index contributed by atoms with van der Waals surface area (Å²) in [6.45, 7) is 1.85. The molecule has 1 heterocycles. The Morgan fingerprint density at radius 2 is 2.30 bits per heavy atom. The van der Waals surface area contributed by atoms with E-state index >= 15 is 0 Å². The normalized spacial score (nSPS) is 9.80. The van der Waals surface area contributed by atoms with Crippen molar-refractivity contribution in [2.75, 3.05) is 0 Å². The molecule has 0 aromatic carbocycles. The zero-order valence-corrected chi connectivity index (χ0v) is 6.03. The zero-order valence-electron chi connectivity index (χ0n) is 6.03. The number of nitrogens with zero attached hydrogens (tertiary/aromatic N) is 3. The monoisotopic (exact) mass is 139 g/mol. The summed E-state index contributed by atoms with van der Waals surface area (Å²) in [5.74, 6) is 1.55. The van der Waals surface area contributed by atoms with Gasteiger partial charge < -0.3 is 9.36 Å². The molecule has 0 fully saturated rings. The quantitative estimate of drug-likeness (QED) is 0.536. The Bertz CT molecular complexity index is 241. The number of aromatic nitrogens is 3. The first-order valence-corrected chi connectivity index (χ1v) is 3.04. The lowest BCUT2D eigenvalue weighted by atomic mass is 10.4. The Balaban J connectivity index is 2.93. The molecule has 0 aliphatic heterocycles. The molecule has 0 radical (unpaired) electrons. The third-order valence-electron chi connectivity index (χ3n) is 1.45. The molecule has 4 heteroatoms. The van der Waals surface area contributed by atoms with E-state index in [-0.39, 0.29) is 0 Å². The van der Waals surface area contributed by atoms with Crippen LogP contribution in [0, 0.1) is 6.92 Å². The maximum Gasteiger partial charge on any atom is 0.139 e. The average molecular weight is 139 g/mol. The van der Waals surface area contributed by atoms with Crippen LogP contribution < -0.4 is 0 Å². The number of aryl methyl sites for hydroxylation is 1. The van der Waals surface area contributed by atoms with E-state index in [1.807, 2.05) is 14.0 Å². The largest absolute Gasteiger partial charge is 0.318 e. The van der Waals surface area contributed by atoms with Crippen molar-refractivity contribution in [1.82, 2.24) is 14.8 Å². The molecule has 0 saturated heterocycles. The van der Waals surface area contributed by atoms with Crippen molar-refractivity contribution in [3.05, 3.63) is 11.6 Å². The predicted molar refractivity (Wildman–Crippen MR) is 35.5 cm³/mol. The first kappa shape index (κ1) is 6.92. The second kappa shape index (κ2) is 2.60. The maximum atomic E-state index is 10.1. The summed E-state index contributed by atoms with van der Waals surface area (Å²) in [5, 5.41) is 7.58. The van der Waals surface area contributed by atoms with Gasteiger partial charge in [0.15, 0.2) is 0 Å². The Hall–Kier alpha value is -1.19. The van der Waals surface area contributed by atoms with Gasteiger partial charge in [0.25, 0.3) is 0 Å². The molecule has 0 bridgehead atoms. The van der Waals surface area contributed by atoms with Crippen LogP contribution >= 0.6 is 0 Å². The molecule has 1 aromatic rings. The summed E-state index contributed by atoms with van der Waals surface area (Å²) in [4.78, 5) is 10.1. The van der Waals surface area contributed by atoms with Crippen molar-refractivity contribution in [3.8, 4) is 0 Å². The highest BCUT2D eigenvalue weighted by Crippen LogP contribution is 1.95. The summed E-state index contributed by atoms with van der Waals surface area (Å²) < 4.78 is 1.80. The minimum Gasteiger partial charge on any atom is -0.318 e. The van der Waals surface area contributed by atoms with Crippen LogP contribution in [0.3, 0.4) is 0 Å². The minimum atomic E-state index is 0.345. The van der Waals surface area contributed by atoms with Crippen LogP contribution in [0.5, 0.6) is 0 Å². The van der Waals surface area contributed by atoms with Crippen LogP contribution in [0.2, 0.25) is 0 Å². The second-order valence-corrected chi connectivity index (χ2v) is 2.09. The molecule has 0 atom stereocenters. The van der Waals surface area contributed by atoms with Crippen LogP contribution in [0.4, 0.5) is 0 Å². The highest BCUT2D eigenvalue weighted by Gasteiger charge is 2.01. The molecule has 0 amide bonds. The third kappa shape index (κ3) is 1.05. The number of carbonyl (C=O) groups is 1. The first-order chi connectivity index (χ1) is 4.75. The second-order valence-electron chi connectivity index (χ2n) is 2.09. The molecule has 0 N–H and O–H groups in total. The lowest BCUT2D eigenvalue weighted by molar-refractivity contribution is -0.107. The molecule has 0 aliphatic rings. The molecule has 0 spiro atoms. The molecule has 10 heavy (non-hydrogen) atoms. The Kier molecular flexibility index (Phi) is 1.80. The van der Waals surface area contributed by atoms with Gasteiger partial charge in [-0.25, -0.2) is 0 Å². The fourth-order valence-corrected chi connectivity index (χ4v) is 0.703. The maximum absolute atomic E-state index is 10.1. The fourth-order valence-electron chi connectivity index (χ4n) is 0.703. The molecular formula is C6H9N3O. The number of rotatable bonds is 2. The van der Waals surface area contributed by atoms with Gasteiger partial charge in [0.05, 0.1) is 6.42 Å². The Morgan fingerprint density at radius 1 is 1.60 bits per heavy atom. The molecule has 1 rings (SSSR count). The summed E-state index contributed by atoms with van der Waals surface area (Å²) in [7, 11) is 1.84. The van der Waals surface area contributed by atoms with Crippen LogP contribution in [-0.2, 0) is 18.3 Å². The van der Waals surface area contributed by atoms with Crippen molar-refractivity contribution < 1.29 is 4.79 Å². The molecule has 54 valence electrons. The lowest BCUT2D eigenvalue weighted by Crippen LogP contribution is -1.99. The van der Waals surface area contributed by atoms with Gasteiger partial charge in [0.1, 0.15) is 17.9 Å². The van der Waals surface area contributed by atoms with E-state index in [9.17, 15) is 4.79 Å². The molecule has 1 aromatic heterocycles. The van der Waals surface area contributed by atoms with Gasteiger partial charge in [-0.05, 0) is 6.92 Å². The van der Waals surface area contributed by atoms with Crippen LogP contribution in [0.25, 0.3) is 0 Å². The van der Waals surface area contributed by atoms with Crippen molar-refractivity contribution in [3.63, 3.8) is 0 Å². The summed E-state index contributed by atoms with van der Waals surface area (Å²) >= 11 is 0. The van der Waals surface area contributed by atoms with Crippen molar-refractivity contribution in [1.29, 1.82) is 0 Å². The summed E-state index contributed by atoms with van der Waals surface area (Å²) in [6, 6.07) is 0. The van der Waals surface area contributed by atoms with Crippen LogP contribution in [0.1, 0.15) is 11.6 Å². The Morgan fingerprint density at radius 3 is 2.70 bits per heavy atom. The minimum absolute atomic E-state index is 0.345. The van der Waals surface area contributed by atoms with Gasteiger partial charge in [-0.1, -0.05) is 0 Å². The van der Waals surface area contributed by atoms with E-state index in [0.717, 1.165) is 12.1 Å². The number of carbonyl (C=O) groups excluding carboxylic acids is 1. The topological polar surface area (TPSA) is 47.8 Å². The van der Waals surface area contributed by atoms with Gasteiger partial charge in [0, 0.05) is 7.05 Å². The predicted octanol–water partition coefficient (Wildman–Crippen LogP) is -0.135. The van der Waals surface area contributed by atoms with Gasteiger partial charge in [-0.3, -0.25) is 0 Å². The van der Waals surface area contributed by atoms with E-state index in [2.05, 4.69) is 10.2 Å². The van der Waals surface area contributed by atoms with Crippen molar-refractivity contribution in [2.45, 2.75) is 13.3 Å². The van der Waals surface area contributed by atoms with Crippen LogP contribution in [-0.4, -0.2) is 21.1 Å². The third-order valence-corrected chi connectivity index (χ3v) is 1.45. The van der Waals surface area contributed by atoms with E-state index in [1.54, 1.807) is 4.57 Å². The van der Waals surface area contributed by atoms with E-state index < -0.39 is 0 Å². The molecule has 0 saturated carbocycles. The van der Waals surface area contributed by atoms with E-state index in [0.29, 0.717) is 12.2 Å². The van der Waals surface area contributed by atoms with Crippen molar-refractivity contribution >= 4 is 6.29 Å². The molecule has 0 aliphatic carbocycles. The molecule has 4 nitrogen and oxygen atoms in total. The molecular weight excluding hydrogens is 130 g/mol. The van der Waals surface area contributed by atoms with E-state index in [4.69, 9.17) is 0 Å². The van der Waals surface area contributed by atoms with Crippen molar-refractivity contribution in [2.24, 2.45) is 7.05 Å². The first-order valence-electron chi connectivity index (χ1n) is 3.04. The Labute approximate surface area is 58.9 Å². The summed E-state index contributed by atoms with van der Waals surface area (Å²) in [5.41, 5.74) is 0. The lowest BCUT2D eigenvalue weighted by Gasteiger charge is -1.94. The highest BCUT2D eigenvalue weighted by molar-refractivity contribution is 5.52. The molecule has 0 unspecified atom stereocenters. The fraction of sp³-hybridized carbons (Fsp3) is 0.500.